The fourth-order valence-electron chi connectivity index (χ4n) is 3.20. The number of hydrogen-bond donors (Lipinski definition) is 1. The topological polar surface area (TPSA) is 55.1 Å². The molecule has 1 heterocycles. The van der Waals surface area contributed by atoms with Gasteiger partial charge in [0.05, 0.1) is 17.8 Å². The maximum atomic E-state index is 13.9. The zero-order chi connectivity index (χ0) is 20.8. The minimum absolute atomic E-state index is 0.0120. The first kappa shape index (κ1) is 20.7. The van der Waals surface area contributed by atoms with Crippen molar-refractivity contribution in [1.29, 1.82) is 0 Å². The average Bonchev–Trinajstić information content (AvgIpc) is 3.15. The van der Waals surface area contributed by atoms with Gasteiger partial charge in [0.1, 0.15) is 11.6 Å². The van der Waals surface area contributed by atoms with Gasteiger partial charge in [-0.2, -0.15) is 0 Å². The van der Waals surface area contributed by atoms with E-state index in [0.717, 1.165) is 24.1 Å². The van der Waals surface area contributed by atoms with Gasteiger partial charge in [-0.25, -0.2) is 13.8 Å². The van der Waals surface area contributed by atoms with Gasteiger partial charge in [-0.05, 0) is 30.0 Å². The third-order valence-corrected chi connectivity index (χ3v) is 4.57. The normalized spacial score (nSPS) is 12.2. The molecule has 0 aliphatic rings. The Morgan fingerprint density at radius 1 is 1.07 bits per heavy atom. The van der Waals surface area contributed by atoms with Crippen molar-refractivity contribution in [3.8, 4) is 11.3 Å². The van der Waals surface area contributed by atoms with E-state index in [1.54, 1.807) is 0 Å². The number of aryl methyl sites for hydroxylation is 1. The van der Waals surface area contributed by atoms with E-state index in [1.165, 1.54) is 12.3 Å². The zero-order valence-electron chi connectivity index (χ0n) is 16.5. The number of carbonyl (C=O) groups excluding carboxylic acids is 1. The number of nitrogens with zero attached hydrogens (tertiary/aromatic N) is 1. The zero-order valence-corrected chi connectivity index (χ0v) is 16.5. The molecule has 0 radical (unpaired) electrons. The van der Waals surface area contributed by atoms with Crippen molar-refractivity contribution in [2.24, 2.45) is 5.92 Å². The van der Waals surface area contributed by atoms with Crippen LogP contribution < -0.4 is 5.32 Å². The number of carbonyl (C=O) groups is 1. The lowest BCUT2D eigenvalue weighted by atomic mass is 9.97. The monoisotopic (exact) mass is 398 g/mol. The SMILES string of the molecule is CC(C)CC(NC(=O)CCc1ncc(-c2c(F)cccc2F)o1)c1ccccc1. The lowest BCUT2D eigenvalue weighted by molar-refractivity contribution is -0.122. The van der Waals surface area contributed by atoms with Crippen LogP contribution in [0.15, 0.2) is 59.1 Å². The highest BCUT2D eigenvalue weighted by Crippen LogP contribution is 2.27. The van der Waals surface area contributed by atoms with Gasteiger partial charge in [0, 0.05) is 12.8 Å². The largest absolute Gasteiger partial charge is 0.441 e. The molecule has 1 atom stereocenters. The number of amides is 1. The summed E-state index contributed by atoms with van der Waals surface area (Å²) in [6, 6.07) is 13.4. The molecular weight excluding hydrogens is 374 g/mol. The molecule has 0 saturated heterocycles. The van der Waals surface area contributed by atoms with Gasteiger partial charge in [0.15, 0.2) is 11.7 Å². The van der Waals surface area contributed by atoms with E-state index >= 15 is 0 Å². The van der Waals surface area contributed by atoms with E-state index in [9.17, 15) is 13.6 Å². The predicted octanol–water partition coefficient (Wildman–Crippen LogP) is 5.46. The average molecular weight is 398 g/mol. The molecule has 2 aromatic carbocycles. The van der Waals surface area contributed by atoms with Crippen LogP contribution in [0.5, 0.6) is 0 Å². The summed E-state index contributed by atoms with van der Waals surface area (Å²) in [5.41, 5.74) is 0.805. The van der Waals surface area contributed by atoms with Crippen LogP contribution in [0.25, 0.3) is 11.3 Å². The maximum absolute atomic E-state index is 13.9. The maximum Gasteiger partial charge on any atom is 0.220 e. The van der Waals surface area contributed by atoms with Gasteiger partial charge in [-0.3, -0.25) is 4.79 Å². The third-order valence-electron chi connectivity index (χ3n) is 4.57. The molecule has 1 amide bonds. The van der Waals surface area contributed by atoms with Crippen LogP contribution in [0, 0.1) is 17.6 Å². The lowest BCUT2D eigenvalue weighted by Gasteiger charge is -2.21. The number of benzene rings is 2. The molecule has 1 unspecified atom stereocenters. The molecular formula is C23H24F2N2O2. The van der Waals surface area contributed by atoms with Gasteiger partial charge in [-0.15, -0.1) is 0 Å². The van der Waals surface area contributed by atoms with Crippen molar-refractivity contribution in [2.45, 2.75) is 39.2 Å². The van der Waals surface area contributed by atoms with Crippen molar-refractivity contribution in [3.63, 3.8) is 0 Å². The smallest absolute Gasteiger partial charge is 0.220 e. The van der Waals surface area contributed by atoms with Gasteiger partial charge in [0.25, 0.3) is 0 Å². The van der Waals surface area contributed by atoms with Crippen LogP contribution >= 0.6 is 0 Å². The highest BCUT2D eigenvalue weighted by molar-refractivity contribution is 5.76. The summed E-state index contributed by atoms with van der Waals surface area (Å²) in [5.74, 6) is -0.868. The van der Waals surface area contributed by atoms with E-state index in [-0.39, 0.29) is 42.0 Å². The minimum atomic E-state index is -0.718. The highest BCUT2D eigenvalue weighted by atomic mass is 19.1. The van der Waals surface area contributed by atoms with Gasteiger partial charge >= 0.3 is 0 Å². The van der Waals surface area contributed by atoms with Gasteiger partial charge in [-0.1, -0.05) is 50.2 Å². The van der Waals surface area contributed by atoms with E-state index < -0.39 is 11.6 Å². The number of rotatable bonds is 8. The summed E-state index contributed by atoms with van der Waals surface area (Å²) < 4.78 is 33.2. The molecule has 0 aliphatic carbocycles. The molecule has 0 aliphatic heterocycles. The Bertz CT molecular complexity index is 934. The molecule has 0 spiro atoms. The first-order valence-corrected chi connectivity index (χ1v) is 9.67. The number of halogens is 2. The molecule has 1 aromatic heterocycles. The number of aromatic nitrogens is 1. The van der Waals surface area contributed by atoms with Crippen LogP contribution in [0.1, 0.15) is 44.2 Å². The summed E-state index contributed by atoms with van der Waals surface area (Å²) in [4.78, 5) is 16.5. The van der Waals surface area contributed by atoms with E-state index in [0.29, 0.717) is 5.92 Å². The van der Waals surface area contributed by atoms with Crippen molar-refractivity contribution < 1.29 is 18.0 Å². The Labute approximate surface area is 169 Å². The van der Waals surface area contributed by atoms with Crippen molar-refractivity contribution in [1.82, 2.24) is 10.3 Å². The molecule has 152 valence electrons. The summed E-state index contributed by atoms with van der Waals surface area (Å²) in [6.45, 7) is 4.22. The molecule has 29 heavy (non-hydrogen) atoms. The Balaban J connectivity index is 1.62. The van der Waals surface area contributed by atoms with Crippen molar-refractivity contribution >= 4 is 5.91 Å². The first-order chi connectivity index (χ1) is 13.9. The number of nitrogens with one attached hydrogen (secondary N) is 1. The van der Waals surface area contributed by atoms with E-state index in [2.05, 4.69) is 24.1 Å². The summed E-state index contributed by atoms with van der Waals surface area (Å²) in [7, 11) is 0. The molecule has 0 fully saturated rings. The molecule has 0 saturated carbocycles. The molecule has 4 nitrogen and oxygen atoms in total. The fourth-order valence-corrected chi connectivity index (χ4v) is 3.20. The fraction of sp³-hybridized carbons (Fsp3) is 0.304. The van der Waals surface area contributed by atoms with Gasteiger partial charge < -0.3 is 9.73 Å². The van der Waals surface area contributed by atoms with Crippen LogP contribution in [-0.2, 0) is 11.2 Å². The molecule has 3 rings (SSSR count). The quantitative estimate of drug-likeness (QED) is 0.548. The van der Waals surface area contributed by atoms with E-state index in [1.807, 2.05) is 30.3 Å². The van der Waals surface area contributed by atoms with E-state index in [4.69, 9.17) is 4.42 Å². The Morgan fingerprint density at radius 2 is 1.76 bits per heavy atom. The van der Waals surface area contributed by atoms with Crippen LogP contribution in [0.2, 0.25) is 0 Å². The molecule has 3 aromatic rings. The van der Waals surface area contributed by atoms with Crippen LogP contribution in [-0.4, -0.2) is 10.9 Å². The summed E-state index contributed by atoms with van der Waals surface area (Å²) in [5, 5.41) is 3.06. The molecule has 6 heteroatoms. The predicted molar refractivity (Wildman–Crippen MR) is 107 cm³/mol. The second-order valence-corrected chi connectivity index (χ2v) is 7.38. The van der Waals surface area contributed by atoms with Gasteiger partial charge in [0.2, 0.25) is 5.91 Å². The first-order valence-electron chi connectivity index (χ1n) is 9.67. The van der Waals surface area contributed by atoms with Crippen LogP contribution in [0.3, 0.4) is 0 Å². The Hall–Kier alpha value is -3.02. The van der Waals surface area contributed by atoms with Crippen molar-refractivity contribution in [3.05, 3.63) is 77.8 Å². The highest BCUT2D eigenvalue weighted by Gasteiger charge is 2.18. The second-order valence-electron chi connectivity index (χ2n) is 7.38. The second kappa shape index (κ2) is 9.45. The summed E-state index contributed by atoms with van der Waals surface area (Å²) in [6.07, 6.45) is 2.51. The van der Waals surface area contributed by atoms with Crippen molar-refractivity contribution in [2.75, 3.05) is 0 Å². The molecule has 1 N–H and O–H groups in total. The summed E-state index contributed by atoms with van der Waals surface area (Å²) >= 11 is 0. The third kappa shape index (κ3) is 5.50. The Morgan fingerprint density at radius 3 is 2.41 bits per heavy atom. The number of oxazole rings is 1. The standard InChI is InChI=1S/C23H24F2N2O2/c1-15(2)13-19(16-7-4-3-5-8-16)27-21(28)11-12-22-26-14-20(29-22)23-17(24)9-6-10-18(23)25/h3-10,14-15,19H,11-13H2,1-2H3,(H,27,28). The Kier molecular flexibility index (Phi) is 6.75. The van der Waals surface area contributed by atoms with Crippen LogP contribution in [0.4, 0.5) is 8.78 Å². The molecule has 0 bridgehead atoms. The minimum Gasteiger partial charge on any atom is -0.441 e. The number of hydrogen-bond acceptors (Lipinski definition) is 3. The lowest BCUT2D eigenvalue weighted by Crippen LogP contribution is -2.29.